The van der Waals surface area contributed by atoms with E-state index in [2.05, 4.69) is 97.9 Å². The molecule has 0 aliphatic heterocycles. The number of benzene rings is 3. The summed E-state index contributed by atoms with van der Waals surface area (Å²) in [5.74, 6) is -0.769. The summed E-state index contributed by atoms with van der Waals surface area (Å²) in [6.07, 6.45) is 0. The fourth-order valence-electron chi connectivity index (χ4n) is 2.18. The van der Waals surface area contributed by atoms with Crippen LogP contribution in [0.3, 0.4) is 0 Å². The van der Waals surface area contributed by atoms with E-state index >= 15 is 0 Å². The van der Waals surface area contributed by atoms with Gasteiger partial charge in [0.05, 0.1) is 11.8 Å². The van der Waals surface area contributed by atoms with Gasteiger partial charge in [0.2, 0.25) is 0 Å². The molecule has 4 nitrogen and oxygen atoms in total. The second-order valence-electron chi connectivity index (χ2n) is 7.15. The van der Waals surface area contributed by atoms with Gasteiger partial charge < -0.3 is 27.1 Å². The van der Waals surface area contributed by atoms with E-state index in [1.165, 1.54) is 20.8 Å². The minimum absolute atomic E-state index is 0. The summed E-state index contributed by atoms with van der Waals surface area (Å²) in [6, 6.07) is 32.3. The molecular weight excluding hydrogens is 504 g/mol. The second-order valence-corrected chi connectivity index (χ2v) is 9.37. The minimum atomic E-state index is -0.491. The maximum Gasteiger partial charge on any atom is 2.00 e. The SMILES string of the molecule is CC(C)C([NH-])=O.[CH2-]C(=O)N(C)C.[Ru+2].c1ccc(P(c2ccccc2)c2ccccc2)cc1. The van der Waals surface area contributed by atoms with E-state index < -0.39 is 13.8 Å². The summed E-state index contributed by atoms with van der Waals surface area (Å²) in [4.78, 5) is 21.2. The van der Waals surface area contributed by atoms with E-state index in [9.17, 15) is 9.59 Å². The zero-order valence-corrected chi connectivity index (χ0v) is 21.6. The van der Waals surface area contributed by atoms with Crippen molar-refractivity contribution in [2.24, 2.45) is 5.92 Å². The normalized spacial score (nSPS) is 9.44. The van der Waals surface area contributed by atoms with Crippen LogP contribution in [0.25, 0.3) is 5.73 Å². The Bertz CT molecular complexity index is 793. The quantitative estimate of drug-likeness (QED) is 0.279. The first kappa shape index (κ1) is 29.5. The van der Waals surface area contributed by atoms with Gasteiger partial charge in [-0.2, -0.15) is 0 Å². The molecular formula is C26H31N2O2PRu. The van der Waals surface area contributed by atoms with Crippen LogP contribution in [0, 0.1) is 12.8 Å². The summed E-state index contributed by atoms with van der Waals surface area (Å²) in [7, 11) is 2.88. The van der Waals surface area contributed by atoms with Gasteiger partial charge in [-0.1, -0.05) is 105 Å². The van der Waals surface area contributed by atoms with Crippen molar-refractivity contribution < 1.29 is 29.1 Å². The number of amides is 2. The molecule has 3 aromatic carbocycles. The van der Waals surface area contributed by atoms with E-state index in [4.69, 9.17) is 5.73 Å². The van der Waals surface area contributed by atoms with Crippen LogP contribution in [0.15, 0.2) is 91.0 Å². The monoisotopic (exact) mass is 536 g/mol. The van der Waals surface area contributed by atoms with Gasteiger partial charge in [-0.05, 0) is 29.8 Å². The maximum atomic E-state index is 9.96. The van der Waals surface area contributed by atoms with Crippen LogP contribution < -0.4 is 15.9 Å². The molecule has 0 heterocycles. The molecule has 32 heavy (non-hydrogen) atoms. The number of nitrogens with one attached hydrogen (secondary N) is 1. The Morgan fingerprint density at radius 3 is 1.12 bits per heavy atom. The van der Waals surface area contributed by atoms with Crippen LogP contribution in [0.5, 0.6) is 0 Å². The molecule has 0 fully saturated rings. The molecule has 0 atom stereocenters. The Kier molecular flexibility index (Phi) is 14.9. The van der Waals surface area contributed by atoms with Crippen LogP contribution in [0.2, 0.25) is 0 Å². The first-order valence-corrected chi connectivity index (χ1v) is 11.3. The molecule has 0 aromatic heterocycles. The molecule has 0 saturated heterocycles. The molecule has 0 spiro atoms. The van der Waals surface area contributed by atoms with Gasteiger partial charge in [-0.3, -0.25) is 0 Å². The number of nitrogens with zero attached hydrogens (tertiary/aromatic N) is 1. The molecule has 2 amide bonds. The third-order valence-corrected chi connectivity index (χ3v) is 6.51. The average molecular weight is 536 g/mol. The molecule has 3 rings (SSSR count). The average Bonchev–Trinajstić information content (AvgIpc) is 2.77. The number of carbonyl (C=O) groups excluding carboxylic acids is 2. The van der Waals surface area contributed by atoms with Gasteiger partial charge in [0.15, 0.2) is 0 Å². The smallest absolute Gasteiger partial charge is 0.668 e. The first-order chi connectivity index (χ1) is 14.7. The standard InChI is InChI=1S/C18H15P.C4H8NO.C4H9NO.Ru/c1-4-10-16(11-5-1)19(17-12-6-2-7-13-17)18-14-8-3-9-15-18;1-4(6)5(2)3;1-3(2)4(5)6;/h1-15H;1H2,2-3H3;3H,1-2H3,(H2,5,6);/q;-1;;+2/p-1. The number of carbonyl (C=O) groups is 2. The minimum Gasteiger partial charge on any atom is -0.668 e. The molecule has 0 aliphatic rings. The largest absolute Gasteiger partial charge is 2.00 e. The molecule has 170 valence electrons. The maximum absolute atomic E-state index is 9.96. The molecule has 0 saturated carbocycles. The molecule has 3 aromatic rings. The first-order valence-electron chi connectivity index (χ1n) is 9.98. The van der Waals surface area contributed by atoms with E-state index in [0.717, 1.165) is 0 Å². The number of hydrogen-bond acceptors (Lipinski definition) is 2. The van der Waals surface area contributed by atoms with Crippen molar-refractivity contribution in [3.05, 3.63) is 104 Å². The molecule has 0 radical (unpaired) electrons. The molecule has 1 N–H and O–H groups in total. The Labute approximate surface area is 206 Å². The zero-order valence-electron chi connectivity index (χ0n) is 19.0. The number of rotatable bonds is 4. The fraction of sp³-hybridized carbons (Fsp3) is 0.192. The summed E-state index contributed by atoms with van der Waals surface area (Å²) in [5, 5.41) is 4.19. The van der Waals surface area contributed by atoms with Crippen molar-refractivity contribution in [3.8, 4) is 0 Å². The van der Waals surface area contributed by atoms with Crippen LogP contribution in [0.4, 0.5) is 0 Å². The third-order valence-electron chi connectivity index (χ3n) is 4.07. The van der Waals surface area contributed by atoms with Crippen molar-refractivity contribution in [1.29, 1.82) is 0 Å². The van der Waals surface area contributed by atoms with Gasteiger partial charge in [-0.15, -0.1) is 0 Å². The van der Waals surface area contributed by atoms with Crippen LogP contribution in [-0.2, 0) is 29.1 Å². The van der Waals surface area contributed by atoms with Crippen molar-refractivity contribution in [2.75, 3.05) is 14.1 Å². The topological polar surface area (TPSA) is 61.2 Å². The predicted molar refractivity (Wildman–Crippen MR) is 133 cm³/mol. The van der Waals surface area contributed by atoms with Gasteiger partial charge in [0, 0.05) is 14.1 Å². The third kappa shape index (κ3) is 11.2. The van der Waals surface area contributed by atoms with Gasteiger partial charge in [-0.25, -0.2) is 0 Å². The predicted octanol–water partition coefficient (Wildman–Crippen LogP) is 4.57. The van der Waals surface area contributed by atoms with Crippen LogP contribution >= 0.6 is 7.92 Å². The fourth-order valence-corrected chi connectivity index (χ4v) is 4.48. The second kappa shape index (κ2) is 16.2. The summed E-state index contributed by atoms with van der Waals surface area (Å²) < 4.78 is 0. The van der Waals surface area contributed by atoms with E-state index in [0.29, 0.717) is 0 Å². The Morgan fingerprint density at radius 2 is 0.969 bits per heavy atom. The van der Waals surface area contributed by atoms with Crippen LogP contribution in [-0.4, -0.2) is 30.8 Å². The van der Waals surface area contributed by atoms with Crippen molar-refractivity contribution in [1.82, 2.24) is 4.90 Å². The van der Waals surface area contributed by atoms with Gasteiger partial charge in [0.25, 0.3) is 0 Å². The summed E-state index contributed by atoms with van der Waals surface area (Å²) in [6.45, 7) is 6.53. The molecule has 6 heteroatoms. The van der Waals surface area contributed by atoms with Gasteiger partial charge in [0.1, 0.15) is 0 Å². The summed E-state index contributed by atoms with van der Waals surface area (Å²) in [5.41, 5.74) is 6.39. The van der Waals surface area contributed by atoms with E-state index in [1.807, 2.05) is 0 Å². The van der Waals surface area contributed by atoms with E-state index in [-0.39, 0.29) is 31.3 Å². The zero-order chi connectivity index (χ0) is 23.2. The molecule has 0 unspecified atom stereocenters. The summed E-state index contributed by atoms with van der Waals surface area (Å²) >= 11 is 0. The van der Waals surface area contributed by atoms with Gasteiger partial charge >= 0.3 is 19.5 Å². The Morgan fingerprint density at radius 1 is 0.750 bits per heavy atom. The Hall–Kier alpha value is -2.48. The van der Waals surface area contributed by atoms with Crippen LogP contribution in [0.1, 0.15) is 13.8 Å². The van der Waals surface area contributed by atoms with E-state index in [1.54, 1.807) is 27.9 Å². The van der Waals surface area contributed by atoms with Crippen molar-refractivity contribution >= 4 is 35.6 Å². The number of hydrogen-bond donors (Lipinski definition) is 0. The molecule has 0 bridgehead atoms. The Balaban J connectivity index is 0.000000620. The van der Waals surface area contributed by atoms with Crippen molar-refractivity contribution in [2.45, 2.75) is 13.8 Å². The molecule has 0 aliphatic carbocycles. The van der Waals surface area contributed by atoms with Crippen molar-refractivity contribution in [3.63, 3.8) is 0 Å².